The van der Waals surface area contributed by atoms with Gasteiger partial charge >= 0.3 is 0 Å². The first-order valence-corrected chi connectivity index (χ1v) is 8.14. The van der Waals surface area contributed by atoms with Crippen molar-refractivity contribution in [3.8, 4) is 0 Å². The molecule has 0 fully saturated rings. The molecule has 2 rings (SSSR count). The minimum Gasteiger partial charge on any atom is -0.378 e. The molecule has 0 saturated carbocycles. The number of halogens is 1. The minimum atomic E-state index is 0.511. The van der Waals surface area contributed by atoms with Gasteiger partial charge in [-0.15, -0.1) is 0 Å². The normalized spacial score (nSPS) is 10.6. The molecule has 4 nitrogen and oxygen atoms in total. The number of nitrogens with zero attached hydrogens (tertiary/aromatic N) is 2. The Morgan fingerprint density at radius 1 is 1.14 bits per heavy atom. The maximum atomic E-state index is 5.24. The van der Waals surface area contributed by atoms with Crippen molar-refractivity contribution in [3.05, 3.63) is 51.0 Å². The Balaban J connectivity index is 2.18. The molecule has 0 atom stereocenters. The quantitative estimate of drug-likeness (QED) is 0.728. The molecule has 0 aliphatic carbocycles. The average molecular weight is 397 g/mol. The number of methoxy groups -OCH3 is 1. The summed E-state index contributed by atoms with van der Waals surface area (Å²) in [5, 5.41) is 3.30. The van der Waals surface area contributed by atoms with Crippen LogP contribution >= 0.6 is 22.6 Å². The fourth-order valence-electron chi connectivity index (χ4n) is 2.07. The molecule has 5 heteroatoms. The van der Waals surface area contributed by atoms with E-state index in [4.69, 9.17) is 4.74 Å². The van der Waals surface area contributed by atoms with Crippen molar-refractivity contribution in [2.45, 2.75) is 26.4 Å². The third-order valence-electron chi connectivity index (χ3n) is 3.07. The van der Waals surface area contributed by atoms with E-state index < -0.39 is 0 Å². The molecule has 0 amide bonds. The molecule has 0 saturated heterocycles. The molecule has 0 spiro atoms. The van der Waals surface area contributed by atoms with E-state index in [-0.39, 0.29) is 0 Å². The van der Waals surface area contributed by atoms with Gasteiger partial charge in [-0.1, -0.05) is 30.3 Å². The van der Waals surface area contributed by atoms with Gasteiger partial charge in [0.2, 0.25) is 0 Å². The Bertz CT molecular complexity index is 548. The van der Waals surface area contributed by atoms with Gasteiger partial charge < -0.3 is 10.1 Å². The standard InChI is InChI=1S/C16H20IN3O/c1-3-18-16-15(17)13(11-21-2)19-14(20-16)10-9-12-7-5-4-6-8-12/h4-8H,3,9-11H2,1-2H3,(H,18,19,20). The Morgan fingerprint density at radius 2 is 1.90 bits per heavy atom. The number of ether oxygens (including phenoxy) is 1. The molecule has 0 radical (unpaired) electrons. The second-order valence-electron chi connectivity index (χ2n) is 4.70. The minimum absolute atomic E-state index is 0.511. The Hall–Kier alpha value is -1.21. The largest absolute Gasteiger partial charge is 0.378 e. The zero-order chi connectivity index (χ0) is 15.1. The van der Waals surface area contributed by atoms with Crippen LogP contribution in [0.4, 0.5) is 5.82 Å². The van der Waals surface area contributed by atoms with Crippen molar-refractivity contribution in [1.82, 2.24) is 9.97 Å². The van der Waals surface area contributed by atoms with E-state index in [0.29, 0.717) is 6.61 Å². The summed E-state index contributed by atoms with van der Waals surface area (Å²) in [4.78, 5) is 9.27. The molecular weight excluding hydrogens is 377 g/mol. The third kappa shape index (κ3) is 4.64. The van der Waals surface area contributed by atoms with Crippen molar-refractivity contribution in [2.24, 2.45) is 0 Å². The van der Waals surface area contributed by atoms with Crippen LogP contribution in [0, 0.1) is 3.57 Å². The summed E-state index contributed by atoms with van der Waals surface area (Å²) in [5.74, 6) is 1.77. The van der Waals surface area contributed by atoms with Crippen LogP contribution in [-0.2, 0) is 24.2 Å². The second-order valence-corrected chi connectivity index (χ2v) is 5.78. The molecule has 21 heavy (non-hydrogen) atoms. The second kappa shape index (κ2) is 8.29. The van der Waals surface area contributed by atoms with Crippen molar-refractivity contribution >= 4 is 28.4 Å². The summed E-state index contributed by atoms with van der Waals surface area (Å²) in [6.07, 6.45) is 1.77. The van der Waals surface area contributed by atoms with Crippen LogP contribution in [-0.4, -0.2) is 23.6 Å². The highest BCUT2D eigenvalue weighted by Gasteiger charge is 2.11. The molecule has 0 unspecified atom stereocenters. The maximum Gasteiger partial charge on any atom is 0.143 e. The molecule has 0 aliphatic rings. The van der Waals surface area contributed by atoms with Crippen molar-refractivity contribution in [3.63, 3.8) is 0 Å². The van der Waals surface area contributed by atoms with Crippen molar-refractivity contribution in [2.75, 3.05) is 19.0 Å². The molecule has 1 N–H and O–H groups in total. The fourth-order valence-corrected chi connectivity index (χ4v) is 2.66. The van der Waals surface area contributed by atoms with Gasteiger partial charge in [-0.05, 0) is 41.5 Å². The summed E-state index contributed by atoms with van der Waals surface area (Å²) < 4.78 is 6.28. The molecule has 1 aromatic heterocycles. The van der Waals surface area contributed by atoms with Crippen LogP contribution < -0.4 is 5.32 Å². The lowest BCUT2D eigenvalue weighted by molar-refractivity contribution is 0.180. The zero-order valence-electron chi connectivity index (χ0n) is 12.4. The summed E-state index contributed by atoms with van der Waals surface area (Å²) in [6, 6.07) is 10.4. The highest BCUT2D eigenvalue weighted by atomic mass is 127. The molecule has 0 bridgehead atoms. The number of rotatable bonds is 7. The molecule has 2 aromatic rings. The van der Waals surface area contributed by atoms with Crippen molar-refractivity contribution < 1.29 is 4.74 Å². The average Bonchev–Trinajstić information content (AvgIpc) is 2.51. The van der Waals surface area contributed by atoms with Gasteiger partial charge in [-0.2, -0.15) is 0 Å². The number of hydrogen-bond acceptors (Lipinski definition) is 4. The predicted molar refractivity (Wildman–Crippen MR) is 93.5 cm³/mol. The number of benzene rings is 1. The first-order chi connectivity index (χ1) is 10.2. The number of anilines is 1. The molecule has 0 aliphatic heterocycles. The third-order valence-corrected chi connectivity index (χ3v) is 4.21. The zero-order valence-corrected chi connectivity index (χ0v) is 14.6. The summed E-state index contributed by atoms with van der Waals surface area (Å²) >= 11 is 2.28. The monoisotopic (exact) mass is 397 g/mol. The van der Waals surface area contributed by atoms with Gasteiger partial charge in [0.25, 0.3) is 0 Å². The van der Waals surface area contributed by atoms with E-state index in [1.165, 1.54) is 5.56 Å². The van der Waals surface area contributed by atoms with Crippen LogP contribution in [0.25, 0.3) is 0 Å². The Morgan fingerprint density at radius 3 is 2.57 bits per heavy atom. The van der Waals surface area contributed by atoms with E-state index >= 15 is 0 Å². The first-order valence-electron chi connectivity index (χ1n) is 7.06. The number of aromatic nitrogens is 2. The van der Waals surface area contributed by atoms with E-state index in [0.717, 1.165) is 40.3 Å². The van der Waals surface area contributed by atoms with Gasteiger partial charge in [0.15, 0.2) is 0 Å². The van der Waals surface area contributed by atoms with Gasteiger partial charge in [-0.25, -0.2) is 9.97 Å². The van der Waals surface area contributed by atoms with Crippen LogP contribution in [0.2, 0.25) is 0 Å². The van der Waals surface area contributed by atoms with E-state index in [9.17, 15) is 0 Å². The first kappa shape index (κ1) is 16.2. The van der Waals surface area contributed by atoms with Crippen LogP contribution in [0.1, 0.15) is 24.0 Å². The van der Waals surface area contributed by atoms with Crippen LogP contribution in [0.3, 0.4) is 0 Å². The fraction of sp³-hybridized carbons (Fsp3) is 0.375. The number of aryl methyl sites for hydroxylation is 2. The van der Waals surface area contributed by atoms with Gasteiger partial charge in [0.05, 0.1) is 15.9 Å². The maximum absolute atomic E-state index is 5.24. The van der Waals surface area contributed by atoms with Gasteiger partial charge in [0.1, 0.15) is 11.6 Å². The topological polar surface area (TPSA) is 47.0 Å². The highest BCUT2D eigenvalue weighted by Crippen LogP contribution is 2.20. The Labute approximate surface area is 139 Å². The highest BCUT2D eigenvalue weighted by molar-refractivity contribution is 14.1. The van der Waals surface area contributed by atoms with Gasteiger partial charge in [-0.3, -0.25) is 0 Å². The predicted octanol–water partition coefficient (Wildman–Crippen LogP) is 3.44. The van der Waals surface area contributed by atoms with Crippen LogP contribution in [0.5, 0.6) is 0 Å². The van der Waals surface area contributed by atoms with E-state index in [2.05, 4.69) is 69.1 Å². The van der Waals surface area contributed by atoms with Gasteiger partial charge in [0, 0.05) is 20.1 Å². The SMILES string of the molecule is CCNc1nc(CCc2ccccc2)nc(COC)c1I. The van der Waals surface area contributed by atoms with Crippen molar-refractivity contribution in [1.29, 1.82) is 0 Å². The lowest BCUT2D eigenvalue weighted by atomic mass is 10.1. The Kier molecular flexibility index (Phi) is 6.38. The summed E-state index contributed by atoms with van der Waals surface area (Å²) in [7, 11) is 1.69. The molecular formula is C16H20IN3O. The lowest BCUT2D eigenvalue weighted by Crippen LogP contribution is -2.11. The smallest absolute Gasteiger partial charge is 0.143 e. The molecule has 1 heterocycles. The summed E-state index contributed by atoms with van der Waals surface area (Å²) in [5.41, 5.74) is 2.25. The van der Waals surface area contributed by atoms with E-state index in [1.807, 2.05) is 6.07 Å². The van der Waals surface area contributed by atoms with E-state index in [1.54, 1.807) is 7.11 Å². The van der Waals surface area contributed by atoms with Crippen LogP contribution in [0.15, 0.2) is 30.3 Å². The number of hydrogen-bond donors (Lipinski definition) is 1. The number of nitrogens with one attached hydrogen (secondary N) is 1. The summed E-state index contributed by atoms with van der Waals surface area (Å²) in [6.45, 7) is 3.42. The molecule has 1 aromatic carbocycles. The lowest BCUT2D eigenvalue weighted by Gasteiger charge is -2.12. The molecule has 112 valence electrons.